The lowest BCUT2D eigenvalue weighted by atomic mass is 9.98. The number of methoxy groups -OCH3 is 1. The predicted octanol–water partition coefficient (Wildman–Crippen LogP) is 5.53. The van der Waals surface area contributed by atoms with Gasteiger partial charge in [0.1, 0.15) is 0 Å². The molecule has 0 bridgehead atoms. The van der Waals surface area contributed by atoms with Crippen LogP contribution >= 0.6 is 11.8 Å². The highest BCUT2D eigenvalue weighted by atomic mass is 32.2. The van der Waals surface area contributed by atoms with Gasteiger partial charge in [0, 0.05) is 41.4 Å². The van der Waals surface area contributed by atoms with Gasteiger partial charge in [-0.15, -0.1) is 11.8 Å². The number of thioether (sulfide) groups is 1. The van der Waals surface area contributed by atoms with Crippen LogP contribution in [0.15, 0.2) is 96.5 Å². The van der Waals surface area contributed by atoms with E-state index in [0.717, 1.165) is 22.5 Å². The number of aromatic nitrogens is 3. The average Bonchev–Trinajstić information content (AvgIpc) is 2.83. The second-order valence-corrected chi connectivity index (χ2v) is 7.49. The van der Waals surface area contributed by atoms with Gasteiger partial charge < -0.3 is 9.64 Å². The molecule has 0 unspecified atom stereocenters. The Kier molecular flexibility index (Phi) is 6.25. The van der Waals surface area contributed by atoms with Crippen LogP contribution in [0.2, 0.25) is 0 Å². The SMILES string of the molecule is COc1ccc(N(c2cccc(SC)c2)C(c2cccnc2)c2cccnc2)cn1. The molecular formula is C24H22N4OS. The Balaban J connectivity index is 1.93. The first-order valence-corrected chi connectivity index (χ1v) is 10.8. The molecule has 3 heterocycles. The zero-order valence-corrected chi connectivity index (χ0v) is 17.7. The first-order chi connectivity index (χ1) is 14.8. The van der Waals surface area contributed by atoms with Gasteiger partial charge in [-0.3, -0.25) is 9.97 Å². The highest BCUT2D eigenvalue weighted by Crippen LogP contribution is 2.39. The summed E-state index contributed by atoms with van der Waals surface area (Å²) in [5.74, 6) is 0.580. The zero-order valence-electron chi connectivity index (χ0n) is 16.8. The van der Waals surface area contributed by atoms with Crippen LogP contribution in [0.25, 0.3) is 0 Å². The van der Waals surface area contributed by atoms with Gasteiger partial charge in [-0.2, -0.15) is 0 Å². The van der Waals surface area contributed by atoms with Gasteiger partial charge in [0.15, 0.2) is 0 Å². The molecule has 30 heavy (non-hydrogen) atoms. The summed E-state index contributed by atoms with van der Waals surface area (Å²) in [5, 5.41) is 0. The van der Waals surface area contributed by atoms with Crippen molar-refractivity contribution in [1.29, 1.82) is 0 Å². The second-order valence-electron chi connectivity index (χ2n) is 6.61. The van der Waals surface area contributed by atoms with Crippen LogP contribution in [-0.4, -0.2) is 28.3 Å². The summed E-state index contributed by atoms with van der Waals surface area (Å²) < 4.78 is 5.27. The number of rotatable bonds is 7. The van der Waals surface area contributed by atoms with Gasteiger partial charge in [-0.1, -0.05) is 18.2 Å². The Morgan fingerprint density at radius 1 is 0.833 bits per heavy atom. The Hall–Kier alpha value is -3.38. The topological polar surface area (TPSA) is 51.1 Å². The summed E-state index contributed by atoms with van der Waals surface area (Å²) in [6, 6.07) is 20.4. The van der Waals surface area contributed by atoms with Crippen molar-refractivity contribution in [2.45, 2.75) is 10.9 Å². The fourth-order valence-electron chi connectivity index (χ4n) is 3.41. The smallest absolute Gasteiger partial charge is 0.213 e. The van der Waals surface area contributed by atoms with Crippen molar-refractivity contribution in [1.82, 2.24) is 15.0 Å². The number of ether oxygens (including phenoxy) is 1. The van der Waals surface area contributed by atoms with Gasteiger partial charge in [0.05, 0.1) is 25.0 Å². The first-order valence-electron chi connectivity index (χ1n) is 9.53. The quantitative estimate of drug-likeness (QED) is 0.371. The zero-order chi connectivity index (χ0) is 20.8. The van der Waals surface area contributed by atoms with Crippen LogP contribution in [0.3, 0.4) is 0 Å². The number of hydrogen-bond acceptors (Lipinski definition) is 6. The predicted molar refractivity (Wildman–Crippen MR) is 121 cm³/mol. The largest absolute Gasteiger partial charge is 0.481 e. The molecule has 0 saturated heterocycles. The average molecular weight is 415 g/mol. The molecule has 0 atom stereocenters. The van der Waals surface area contributed by atoms with Crippen LogP contribution in [-0.2, 0) is 0 Å². The number of nitrogens with zero attached hydrogens (tertiary/aromatic N) is 4. The van der Waals surface area contributed by atoms with Crippen molar-refractivity contribution < 1.29 is 4.74 Å². The highest BCUT2D eigenvalue weighted by Gasteiger charge is 2.25. The Morgan fingerprint density at radius 3 is 2.10 bits per heavy atom. The Morgan fingerprint density at radius 2 is 1.57 bits per heavy atom. The molecule has 6 heteroatoms. The van der Waals surface area contributed by atoms with Crippen LogP contribution in [0.1, 0.15) is 17.2 Å². The lowest BCUT2D eigenvalue weighted by molar-refractivity contribution is 0.398. The molecular weight excluding hydrogens is 392 g/mol. The van der Waals surface area contributed by atoms with Gasteiger partial charge in [-0.05, 0) is 53.8 Å². The molecule has 3 aromatic heterocycles. The van der Waals surface area contributed by atoms with E-state index in [0.29, 0.717) is 5.88 Å². The number of hydrogen-bond donors (Lipinski definition) is 0. The molecule has 0 saturated carbocycles. The standard InChI is InChI=1S/C24H22N4OS/c1-29-23-11-10-21(17-27-23)28(20-8-3-9-22(14-20)30-2)24(18-6-4-12-25-15-18)19-7-5-13-26-16-19/h3-17,24H,1-2H3. The van der Waals surface area contributed by atoms with Crippen molar-refractivity contribution in [3.63, 3.8) is 0 Å². The molecule has 0 aliphatic rings. The second kappa shape index (κ2) is 9.41. The third-order valence-corrected chi connectivity index (χ3v) is 5.52. The minimum Gasteiger partial charge on any atom is -0.481 e. The maximum Gasteiger partial charge on any atom is 0.213 e. The van der Waals surface area contributed by atoms with E-state index in [-0.39, 0.29) is 6.04 Å². The first kappa shape index (κ1) is 19.9. The number of anilines is 2. The summed E-state index contributed by atoms with van der Waals surface area (Å²) in [4.78, 5) is 16.7. The molecule has 5 nitrogen and oxygen atoms in total. The van der Waals surface area contributed by atoms with Crippen molar-refractivity contribution in [3.05, 3.63) is 103 Å². The maximum absolute atomic E-state index is 5.27. The Bertz CT molecular complexity index is 1040. The lowest BCUT2D eigenvalue weighted by Gasteiger charge is -2.34. The molecule has 1 aromatic carbocycles. The Labute approximate surface area is 180 Å². The molecule has 0 N–H and O–H groups in total. The summed E-state index contributed by atoms with van der Waals surface area (Å²) in [6.07, 6.45) is 11.3. The molecule has 0 aliphatic carbocycles. The third-order valence-electron chi connectivity index (χ3n) is 4.80. The van der Waals surface area contributed by atoms with Crippen molar-refractivity contribution >= 4 is 23.1 Å². The summed E-state index contributed by atoms with van der Waals surface area (Å²) >= 11 is 1.72. The monoisotopic (exact) mass is 414 g/mol. The molecule has 150 valence electrons. The van der Waals surface area contributed by atoms with Crippen LogP contribution in [0.5, 0.6) is 5.88 Å². The van der Waals surface area contributed by atoms with Crippen LogP contribution in [0.4, 0.5) is 11.4 Å². The molecule has 0 spiro atoms. The third kappa shape index (κ3) is 4.28. The van der Waals surface area contributed by atoms with E-state index in [9.17, 15) is 0 Å². The minimum atomic E-state index is -0.125. The van der Waals surface area contributed by atoms with Gasteiger partial charge in [-0.25, -0.2) is 4.98 Å². The molecule has 0 amide bonds. The van der Waals surface area contributed by atoms with E-state index in [4.69, 9.17) is 4.74 Å². The van der Waals surface area contributed by atoms with Gasteiger partial charge >= 0.3 is 0 Å². The van der Waals surface area contributed by atoms with E-state index in [1.165, 1.54) is 4.90 Å². The summed E-state index contributed by atoms with van der Waals surface area (Å²) in [7, 11) is 1.62. The van der Waals surface area contributed by atoms with Crippen molar-refractivity contribution in [2.75, 3.05) is 18.3 Å². The highest BCUT2D eigenvalue weighted by molar-refractivity contribution is 7.98. The fourth-order valence-corrected chi connectivity index (χ4v) is 3.86. The van der Waals surface area contributed by atoms with Gasteiger partial charge in [0.25, 0.3) is 0 Å². The molecule has 0 aliphatic heterocycles. The normalized spacial score (nSPS) is 10.8. The fraction of sp³-hybridized carbons (Fsp3) is 0.125. The van der Waals surface area contributed by atoms with Crippen LogP contribution < -0.4 is 9.64 Å². The number of pyridine rings is 3. The molecule has 4 aromatic rings. The maximum atomic E-state index is 5.27. The van der Waals surface area contributed by atoms with E-state index in [1.807, 2.05) is 42.9 Å². The summed E-state index contributed by atoms with van der Waals surface area (Å²) in [6.45, 7) is 0. The molecule has 0 fully saturated rings. The van der Waals surface area contributed by atoms with E-state index >= 15 is 0 Å². The van der Waals surface area contributed by atoms with Gasteiger partial charge in [0.2, 0.25) is 5.88 Å². The van der Waals surface area contributed by atoms with E-state index in [2.05, 4.69) is 62.5 Å². The van der Waals surface area contributed by atoms with Crippen molar-refractivity contribution in [2.24, 2.45) is 0 Å². The van der Waals surface area contributed by atoms with E-state index in [1.54, 1.807) is 31.3 Å². The summed E-state index contributed by atoms with van der Waals surface area (Å²) in [5.41, 5.74) is 4.14. The van der Waals surface area contributed by atoms with E-state index < -0.39 is 0 Å². The minimum absolute atomic E-state index is 0.125. The lowest BCUT2D eigenvalue weighted by Crippen LogP contribution is -2.25. The van der Waals surface area contributed by atoms with Crippen molar-refractivity contribution in [3.8, 4) is 5.88 Å². The number of benzene rings is 1. The van der Waals surface area contributed by atoms with Crippen LogP contribution in [0, 0.1) is 0 Å². The molecule has 0 radical (unpaired) electrons. The molecule has 4 rings (SSSR count).